The number of hydrogen-bond donors (Lipinski definition) is 0. The van der Waals surface area contributed by atoms with Gasteiger partial charge < -0.3 is 13.7 Å². The minimum Gasteiger partial charge on any atom is -0.308 e. The van der Waals surface area contributed by atoms with Crippen LogP contribution in [0.25, 0.3) is 93.6 Å². The molecule has 0 unspecified atom stereocenters. The van der Waals surface area contributed by atoms with E-state index in [9.17, 15) is 5.26 Å². The fraction of sp³-hybridized carbons (Fsp3) is 0. The third kappa shape index (κ3) is 4.16. The number of nitrogens with zero attached hydrogens (tertiary/aromatic N) is 4. The van der Waals surface area contributed by atoms with Crippen LogP contribution in [0.3, 0.4) is 0 Å². The van der Waals surface area contributed by atoms with Gasteiger partial charge >= 0.3 is 0 Å². The van der Waals surface area contributed by atoms with E-state index in [1.54, 1.807) is 0 Å². The quantitative estimate of drug-likeness (QED) is 0.183. The van der Waals surface area contributed by atoms with Crippen LogP contribution < -0.4 is 0 Å². The Morgan fingerprint density at radius 3 is 1.17 bits per heavy atom. The summed E-state index contributed by atoms with van der Waals surface area (Å²) in [4.78, 5) is 0. The van der Waals surface area contributed by atoms with Crippen molar-refractivity contribution in [3.63, 3.8) is 0 Å². The summed E-state index contributed by atoms with van der Waals surface area (Å²) in [5, 5.41) is 16.8. The van der Waals surface area contributed by atoms with Gasteiger partial charge in [-0.2, -0.15) is 5.26 Å². The first-order chi connectivity index (χ1) is 26.3. The lowest BCUT2D eigenvalue weighted by Crippen LogP contribution is -1.97. The van der Waals surface area contributed by atoms with Crippen molar-refractivity contribution in [3.8, 4) is 34.3 Å². The monoisotopic (exact) mass is 674 g/mol. The summed E-state index contributed by atoms with van der Waals surface area (Å²) in [5.74, 6) is 0. The lowest BCUT2D eigenvalue weighted by molar-refractivity contribution is 1.17. The second kappa shape index (κ2) is 11.3. The van der Waals surface area contributed by atoms with Crippen molar-refractivity contribution < 1.29 is 0 Å². The van der Waals surface area contributed by atoms with Gasteiger partial charge in [-0.25, -0.2) is 0 Å². The SMILES string of the molecule is N#Cc1ccc(-c2ccc3c(c2)c2c4c(c5ccccc5n4-c4ccccc4)c4c(c5ccccc5n4-c4ccccc4)c2n3-c2ccccc2)cc1. The molecule has 4 heteroatoms. The van der Waals surface area contributed by atoms with Crippen molar-refractivity contribution in [1.82, 2.24) is 13.7 Å². The lowest BCUT2D eigenvalue weighted by atomic mass is 9.99. The van der Waals surface area contributed by atoms with Gasteiger partial charge in [0.1, 0.15) is 0 Å². The first-order valence-electron chi connectivity index (χ1n) is 17.9. The van der Waals surface area contributed by atoms with Gasteiger partial charge in [0.15, 0.2) is 0 Å². The highest BCUT2D eigenvalue weighted by atomic mass is 15.0. The van der Waals surface area contributed by atoms with Gasteiger partial charge in [0.05, 0.1) is 44.7 Å². The zero-order valence-electron chi connectivity index (χ0n) is 28.6. The van der Waals surface area contributed by atoms with Crippen molar-refractivity contribution in [2.75, 3.05) is 0 Å². The summed E-state index contributed by atoms with van der Waals surface area (Å²) in [6.45, 7) is 0. The standard InChI is InChI=1S/C49H30N4/c50-31-32-24-26-33(27-25-32)34-28-29-43-40(30-34)46-48-44(39-21-11-13-23-42(39)52(48)36-16-6-2-7-17-36)47-45(49(46)53(43)37-18-8-3-9-19-37)38-20-10-12-22-41(38)51(47)35-14-4-1-5-15-35/h1-30H. The number of fused-ring (bicyclic) bond motifs is 12. The Bertz CT molecular complexity index is 3210. The van der Waals surface area contributed by atoms with E-state index in [2.05, 4.69) is 190 Å². The van der Waals surface area contributed by atoms with Gasteiger partial charge in [0, 0.05) is 49.4 Å². The van der Waals surface area contributed by atoms with Crippen molar-refractivity contribution >= 4 is 65.4 Å². The molecule has 8 aromatic carbocycles. The predicted octanol–water partition coefficient (Wildman–Crippen LogP) is 12.5. The molecule has 0 saturated heterocycles. The van der Waals surface area contributed by atoms with Crippen molar-refractivity contribution in [2.45, 2.75) is 0 Å². The van der Waals surface area contributed by atoms with E-state index >= 15 is 0 Å². The van der Waals surface area contributed by atoms with Crippen molar-refractivity contribution in [3.05, 3.63) is 188 Å². The number of rotatable bonds is 4. The Morgan fingerprint density at radius 2 is 0.717 bits per heavy atom. The third-order valence-corrected chi connectivity index (χ3v) is 10.8. The van der Waals surface area contributed by atoms with Crippen molar-refractivity contribution in [1.29, 1.82) is 5.26 Å². The maximum atomic E-state index is 9.53. The second-order valence-corrected chi connectivity index (χ2v) is 13.6. The van der Waals surface area contributed by atoms with Crippen molar-refractivity contribution in [2.24, 2.45) is 0 Å². The molecular formula is C49H30N4. The molecule has 0 radical (unpaired) electrons. The molecule has 3 heterocycles. The van der Waals surface area contributed by atoms with E-state index in [0.29, 0.717) is 5.56 Å². The Hall–Kier alpha value is -7.35. The van der Waals surface area contributed by atoms with E-state index in [1.165, 1.54) is 54.4 Å². The van der Waals surface area contributed by atoms with Gasteiger partial charge in [-0.1, -0.05) is 109 Å². The highest BCUT2D eigenvalue weighted by Gasteiger charge is 2.28. The van der Waals surface area contributed by atoms with Gasteiger partial charge in [0.25, 0.3) is 0 Å². The number of aromatic nitrogens is 3. The van der Waals surface area contributed by atoms with Crippen LogP contribution in [-0.4, -0.2) is 13.7 Å². The Labute approximate surface area is 305 Å². The molecule has 0 atom stereocenters. The van der Waals surface area contributed by atoms with Crippen LogP contribution in [0.2, 0.25) is 0 Å². The normalized spacial score (nSPS) is 11.8. The first-order valence-corrected chi connectivity index (χ1v) is 17.9. The zero-order valence-corrected chi connectivity index (χ0v) is 28.6. The fourth-order valence-corrected chi connectivity index (χ4v) is 8.65. The molecule has 0 aliphatic rings. The summed E-state index contributed by atoms with van der Waals surface area (Å²) in [6.07, 6.45) is 0. The molecule has 11 rings (SSSR count). The topological polar surface area (TPSA) is 38.6 Å². The van der Waals surface area contributed by atoms with Crippen LogP contribution in [0.15, 0.2) is 182 Å². The lowest BCUT2D eigenvalue weighted by Gasteiger charge is -2.13. The largest absolute Gasteiger partial charge is 0.308 e. The molecule has 0 amide bonds. The van der Waals surface area contributed by atoms with Crippen LogP contribution in [0.5, 0.6) is 0 Å². The van der Waals surface area contributed by atoms with Gasteiger partial charge in [0.2, 0.25) is 0 Å². The molecule has 0 bridgehead atoms. The summed E-state index contributed by atoms with van der Waals surface area (Å²) < 4.78 is 7.43. The molecular weight excluding hydrogens is 645 g/mol. The van der Waals surface area contributed by atoms with Gasteiger partial charge in [-0.05, 0) is 83.9 Å². The number of hydrogen-bond acceptors (Lipinski definition) is 1. The number of para-hydroxylation sites is 5. The minimum absolute atomic E-state index is 0.654. The molecule has 0 fully saturated rings. The molecule has 0 saturated carbocycles. The summed E-state index contributed by atoms with van der Waals surface area (Å²) in [7, 11) is 0. The Morgan fingerprint density at radius 1 is 0.340 bits per heavy atom. The average molecular weight is 675 g/mol. The molecule has 4 nitrogen and oxygen atoms in total. The minimum atomic E-state index is 0.654. The summed E-state index contributed by atoms with van der Waals surface area (Å²) in [5.41, 5.74) is 13.2. The van der Waals surface area contributed by atoms with Gasteiger partial charge in [-0.3, -0.25) is 0 Å². The van der Waals surface area contributed by atoms with Crippen LogP contribution >= 0.6 is 0 Å². The maximum absolute atomic E-state index is 9.53. The van der Waals surface area contributed by atoms with E-state index in [1.807, 2.05) is 12.1 Å². The van der Waals surface area contributed by atoms with Crippen LogP contribution in [0.4, 0.5) is 0 Å². The van der Waals surface area contributed by atoms with E-state index in [-0.39, 0.29) is 0 Å². The molecule has 0 N–H and O–H groups in total. The molecule has 0 spiro atoms. The summed E-state index contributed by atoms with van der Waals surface area (Å²) in [6, 6.07) is 67.1. The molecule has 3 aromatic heterocycles. The van der Waals surface area contributed by atoms with E-state index in [4.69, 9.17) is 0 Å². The highest BCUT2D eigenvalue weighted by Crippen LogP contribution is 2.50. The highest BCUT2D eigenvalue weighted by molar-refractivity contribution is 6.40. The maximum Gasteiger partial charge on any atom is 0.0991 e. The summed E-state index contributed by atoms with van der Waals surface area (Å²) >= 11 is 0. The molecule has 53 heavy (non-hydrogen) atoms. The molecule has 246 valence electrons. The smallest absolute Gasteiger partial charge is 0.0991 e. The fourth-order valence-electron chi connectivity index (χ4n) is 8.65. The predicted molar refractivity (Wildman–Crippen MR) is 220 cm³/mol. The van der Waals surface area contributed by atoms with Crippen LogP contribution in [0.1, 0.15) is 5.56 Å². The average Bonchev–Trinajstić information content (AvgIpc) is 3.87. The van der Waals surface area contributed by atoms with Crippen LogP contribution in [-0.2, 0) is 0 Å². The molecule has 0 aliphatic carbocycles. The third-order valence-electron chi connectivity index (χ3n) is 10.8. The number of benzene rings is 8. The molecule has 0 aliphatic heterocycles. The van der Waals surface area contributed by atoms with Gasteiger partial charge in [-0.15, -0.1) is 0 Å². The Balaban J connectivity index is 1.48. The van der Waals surface area contributed by atoms with E-state index in [0.717, 1.165) is 39.2 Å². The van der Waals surface area contributed by atoms with Crippen LogP contribution in [0, 0.1) is 11.3 Å². The second-order valence-electron chi connectivity index (χ2n) is 13.6. The van der Waals surface area contributed by atoms with E-state index < -0.39 is 0 Å². The first kappa shape index (κ1) is 29.4. The zero-order chi connectivity index (χ0) is 35.0. The molecule has 11 aromatic rings. The number of nitriles is 1. The Kier molecular flexibility index (Phi) is 6.28.